The SMILES string of the molecule is CC1(C)CN(c2ccc3c(c2)CC[C@@]32Cc3nn(CCC4CC4)c(NC(=O)CS(C)(=O)=O)c3C(=O)N2)C1. The zero-order valence-electron chi connectivity index (χ0n) is 21.8. The lowest BCUT2D eigenvalue weighted by molar-refractivity contribution is -0.113. The third-order valence-electron chi connectivity index (χ3n) is 8.20. The number of amides is 2. The predicted octanol–water partition coefficient (Wildman–Crippen LogP) is 2.64. The number of anilines is 2. The van der Waals surface area contributed by atoms with Crippen molar-refractivity contribution in [1.29, 1.82) is 0 Å². The van der Waals surface area contributed by atoms with E-state index >= 15 is 0 Å². The molecule has 0 unspecified atom stereocenters. The standard InChI is InChI=1S/C27H35N5O4S/c1-26(2)15-31(16-26)19-6-7-20-18(12-19)8-10-27(20)13-21-23(25(34)29-27)24(28-22(33)14-37(3,35)36)32(30-21)11-9-17-4-5-17/h6-7,12,17H,4-5,8-11,13-16H2,1-3H3,(H,28,33)(H,29,34)/t27-/m1/s1. The van der Waals surface area contributed by atoms with Crippen LogP contribution in [0.25, 0.3) is 0 Å². The van der Waals surface area contributed by atoms with Crippen LogP contribution < -0.4 is 15.5 Å². The summed E-state index contributed by atoms with van der Waals surface area (Å²) in [7, 11) is -3.50. The maximum absolute atomic E-state index is 13.6. The zero-order chi connectivity index (χ0) is 26.2. The second kappa shape index (κ2) is 8.31. The molecule has 6 rings (SSSR count). The highest BCUT2D eigenvalue weighted by Gasteiger charge is 2.47. The van der Waals surface area contributed by atoms with Crippen LogP contribution >= 0.6 is 0 Å². The van der Waals surface area contributed by atoms with Crippen LogP contribution in [-0.4, -0.2) is 55.1 Å². The van der Waals surface area contributed by atoms with Gasteiger partial charge in [-0.1, -0.05) is 32.8 Å². The fraction of sp³-hybridized carbons (Fsp3) is 0.593. The average Bonchev–Trinajstić information content (AvgIpc) is 3.47. The van der Waals surface area contributed by atoms with E-state index in [4.69, 9.17) is 5.10 Å². The highest BCUT2D eigenvalue weighted by molar-refractivity contribution is 7.91. The van der Waals surface area contributed by atoms with E-state index in [0.29, 0.717) is 41.4 Å². The Bertz CT molecular complexity index is 1400. The van der Waals surface area contributed by atoms with Crippen LogP contribution in [0, 0.1) is 11.3 Å². The second-order valence-electron chi connectivity index (χ2n) is 12.3. The molecular weight excluding hydrogens is 490 g/mol. The topological polar surface area (TPSA) is 113 Å². The molecule has 1 atom stereocenters. The summed E-state index contributed by atoms with van der Waals surface area (Å²) < 4.78 is 25.0. The Kier molecular flexibility index (Phi) is 5.49. The largest absolute Gasteiger partial charge is 0.370 e. The van der Waals surface area contributed by atoms with E-state index in [-0.39, 0.29) is 5.91 Å². The van der Waals surface area contributed by atoms with Gasteiger partial charge in [-0.3, -0.25) is 9.59 Å². The van der Waals surface area contributed by atoms with E-state index in [1.165, 1.54) is 24.1 Å². The number of sulfone groups is 1. The summed E-state index contributed by atoms with van der Waals surface area (Å²) in [6.45, 7) is 7.23. The summed E-state index contributed by atoms with van der Waals surface area (Å²) in [4.78, 5) is 28.5. The molecular formula is C27H35N5O4S. The van der Waals surface area contributed by atoms with Crippen molar-refractivity contribution >= 4 is 33.2 Å². The quantitative estimate of drug-likeness (QED) is 0.575. The van der Waals surface area contributed by atoms with Crippen molar-refractivity contribution in [3.8, 4) is 0 Å². The van der Waals surface area contributed by atoms with Crippen LogP contribution in [0.15, 0.2) is 18.2 Å². The van der Waals surface area contributed by atoms with E-state index in [1.807, 2.05) is 0 Å². The number of carbonyl (C=O) groups is 2. The molecule has 10 heteroatoms. The molecule has 2 N–H and O–H groups in total. The maximum atomic E-state index is 13.6. The summed E-state index contributed by atoms with van der Waals surface area (Å²) in [6.07, 6.45) is 6.55. The van der Waals surface area contributed by atoms with E-state index in [2.05, 4.69) is 47.6 Å². The number of rotatable bonds is 7. The minimum atomic E-state index is -3.50. The first-order chi connectivity index (χ1) is 17.4. The van der Waals surface area contributed by atoms with Crippen molar-refractivity contribution in [3.63, 3.8) is 0 Å². The van der Waals surface area contributed by atoms with E-state index in [1.54, 1.807) is 4.68 Å². The molecule has 1 spiro atoms. The zero-order valence-corrected chi connectivity index (χ0v) is 22.6. The first-order valence-corrected chi connectivity index (χ1v) is 15.3. The van der Waals surface area contributed by atoms with Gasteiger partial charge in [-0.05, 0) is 53.9 Å². The number of hydrogen-bond acceptors (Lipinski definition) is 6. The van der Waals surface area contributed by atoms with Gasteiger partial charge in [-0.25, -0.2) is 13.1 Å². The van der Waals surface area contributed by atoms with Crippen molar-refractivity contribution in [3.05, 3.63) is 40.6 Å². The Morgan fingerprint density at radius 1 is 1.24 bits per heavy atom. The van der Waals surface area contributed by atoms with Crippen LogP contribution in [0.4, 0.5) is 11.5 Å². The molecule has 3 heterocycles. The average molecular weight is 526 g/mol. The van der Waals surface area contributed by atoms with Crippen molar-refractivity contribution in [2.24, 2.45) is 11.3 Å². The van der Waals surface area contributed by atoms with Crippen molar-refractivity contribution < 1.29 is 18.0 Å². The van der Waals surface area contributed by atoms with Gasteiger partial charge in [0.2, 0.25) is 5.91 Å². The predicted molar refractivity (Wildman–Crippen MR) is 142 cm³/mol. The molecule has 9 nitrogen and oxygen atoms in total. The minimum absolute atomic E-state index is 0.269. The molecule has 37 heavy (non-hydrogen) atoms. The lowest BCUT2D eigenvalue weighted by Gasteiger charge is -2.47. The number of benzene rings is 1. The fourth-order valence-electron chi connectivity index (χ4n) is 6.31. The van der Waals surface area contributed by atoms with Crippen LogP contribution in [-0.2, 0) is 39.6 Å². The highest BCUT2D eigenvalue weighted by atomic mass is 32.2. The first-order valence-electron chi connectivity index (χ1n) is 13.2. The lowest BCUT2D eigenvalue weighted by atomic mass is 9.82. The molecule has 2 aliphatic heterocycles. The molecule has 4 aliphatic rings. The molecule has 1 saturated heterocycles. The molecule has 2 amide bonds. The number of carbonyl (C=O) groups excluding carboxylic acids is 2. The van der Waals surface area contributed by atoms with Gasteiger partial charge in [0.1, 0.15) is 17.1 Å². The Morgan fingerprint density at radius 2 is 2.00 bits per heavy atom. The number of aromatic nitrogens is 2. The Labute approximate surface area is 217 Å². The molecule has 2 aliphatic carbocycles. The minimum Gasteiger partial charge on any atom is -0.370 e. The number of aryl methyl sites for hydroxylation is 2. The van der Waals surface area contributed by atoms with Gasteiger partial charge in [0.05, 0.1) is 11.2 Å². The van der Waals surface area contributed by atoms with E-state index in [0.717, 1.165) is 44.2 Å². The second-order valence-corrected chi connectivity index (χ2v) is 14.5. The van der Waals surface area contributed by atoms with Crippen LogP contribution in [0.3, 0.4) is 0 Å². The van der Waals surface area contributed by atoms with Crippen LogP contribution in [0.5, 0.6) is 0 Å². The summed E-state index contributed by atoms with van der Waals surface area (Å²) in [6, 6.07) is 6.59. The van der Waals surface area contributed by atoms with Gasteiger partial charge in [-0.15, -0.1) is 0 Å². The summed E-state index contributed by atoms with van der Waals surface area (Å²) in [5, 5.41) is 10.8. The van der Waals surface area contributed by atoms with Crippen LogP contribution in [0.1, 0.15) is 66.7 Å². The Hall–Kier alpha value is -2.88. The third-order valence-corrected chi connectivity index (χ3v) is 8.99. The van der Waals surface area contributed by atoms with Gasteiger partial charge in [0.25, 0.3) is 5.91 Å². The molecule has 2 aromatic rings. The normalized spacial score (nSPS) is 23.9. The summed E-state index contributed by atoms with van der Waals surface area (Å²) in [5.41, 5.74) is 4.49. The molecule has 1 aromatic carbocycles. The highest BCUT2D eigenvalue weighted by Crippen LogP contribution is 2.45. The van der Waals surface area contributed by atoms with Gasteiger partial charge >= 0.3 is 0 Å². The monoisotopic (exact) mass is 525 g/mol. The summed E-state index contributed by atoms with van der Waals surface area (Å²) >= 11 is 0. The van der Waals surface area contributed by atoms with Gasteiger partial charge in [0, 0.05) is 38.0 Å². The Morgan fingerprint density at radius 3 is 2.68 bits per heavy atom. The molecule has 0 radical (unpaired) electrons. The molecule has 198 valence electrons. The van der Waals surface area contributed by atoms with Crippen molar-refractivity contribution in [2.45, 2.75) is 64.5 Å². The number of nitrogens with one attached hydrogen (secondary N) is 2. The number of nitrogens with zero attached hydrogens (tertiary/aromatic N) is 3. The van der Waals surface area contributed by atoms with E-state index < -0.39 is 27.0 Å². The molecule has 1 saturated carbocycles. The van der Waals surface area contributed by atoms with Gasteiger partial charge in [-0.2, -0.15) is 5.10 Å². The maximum Gasteiger partial charge on any atom is 0.257 e. The van der Waals surface area contributed by atoms with Gasteiger partial charge < -0.3 is 15.5 Å². The van der Waals surface area contributed by atoms with E-state index in [9.17, 15) is 18.0 Å². The van der Waals surface area contributed by atoms with Crippen molar-refractivity contribution in [2.75, 3.05) is 35.3 Å². The van der Waals surface area contributed by atoms with Crippen LogP contribution in [0.2, 0.25) is 0 Å². The molecule has 0 bridgehead atoms. The third kappa shape index (κ3) is 4.64. The number of hydrogen-bond donors (Lipinski definition) is 2. The fourth-order valence-corrected chi connectivity index (χ4v) is 6.85. The first kappa shape index (κ1) is 24.5. The lowest BCUT2D eigenvalue weighted by Crippen LogP contribution is -2.53. The molecule has 1 aromatic heterocycles. The smallest absolute Gasteiger partial charge is 0.257 e. The molecule has 2 fully saturated rings. The summed E-state index contributed by atoms with van der Waals surface area (Å²) in [5.74, 6) is -0.598. The Balaban J connectivity index is 1.30. The number of fused-ring (bicyclic) bond motifs is 3. The van der Waals surface area contributed by atoms with Gasteiger partial charge in [0.15, 0.2) is 9.84 Å². The van der Waals surface area contributed by atoms with Crippen molar-refractivity contribution in [1.82, 2.24) is 15.1 Å².